The second kappa shape index (κ2) is 9.25. The van der Waals surface area contributed by atoms with E-state index in [4.69, 9.17) is 10.5 Å². The van der Waals surface area contributed by atoms with E-state index in [2.05, 4.69) is 10.1 Å². The summed E-state index contributed by atoms with van der Waals surface area (Å²) in [6.07, 6.45) is -1.34. The minimum atomic E-state index is -4.57. The molecule has 0 bridgehead atoms. The lowest BCUT2D eigenvalue weighted by Gasteiger charge is -2.31. The third-order valence-electron chi connectivity index (χ3n) is 6.54. The highest BCUT2D eigenvalue weighted by Crippen LogP contribution is 2.40. The molecule has 2 aromatic rings. The summed E-state index contributed by atoms with van der Waals surface area (Å²) in [5.41, 5.74) is 7.67. The van der Waals surface area contributed by atoms with Gasteiger partial charge in [-0.2, -0.15) is 18.3 Å². The number of ether oxygens (including phenoxy) is 1. The van der Waals surface area contributed by atoms with Crippen LogP contribution >= 0.6 is 0 Å². The smallest absolute Gasteiger partial charge is 0.379 e. The Bertz CT molecular complexity index is 1020. The van der Waals surface area contributed by atoms with E-state index < -0.39 is 42.8 Å². The van der Waals surface area contributed by atoms with Crippen LogP contribution in [-0.4, -0.2) is 63.4 Å². The zero-order valence-electron chi connectivity index (χ0n) is 18.6. The standard InChI is InChI=1S/C21H27F5N6O2/c1-2-34-11-15(31-10-16(21(24,25)26)30-19(31)33)13-7-17-29-14(9-32(17)28-8-13)18(27)12-3-5-20(22,23)6-4-12/h7-9,12,15-16,18H,2-6,10-11,27H2,1H3,(H,30,33)/t15-,16+,18+/m1/s1. The first-order valence-electron chi connectivity index (χ1n) is 11.2. The van der Waals surface area contributed by atoms with Crippen molar-refractivity contribution in [2.75, 3.05) is 19.8 Å². The van der Waals surface area contributed by atoms with Crippen molar-refractivity contribution in [3.8, 4) is 0 Å². The van der Waals surface area contributed by atoms with Gasteiger partial charge in [0.15, 0.2) is 5.65 Å². The van der Waals surface area contributed by atoms with E-state index in [-0.39, 0.29) is 25.4 Å². The molecule has 1 aliphatic carbocycles. The molecule has 2 fully saturated rings. The largest absolute Gasteiger partial charge is 0.410 e. The van der Waals surface area contributed by atoms with Crippen LogP contribution in [0.4, 0.5) is 26.7 Å². The third kappa shape index (κ3) is 5.09. The molecule has 4 rings (SSSR count). The molecule has 3 N–H and O–H groups in total. The van der Waals surface area contributed by atoms with Crippen molar-refractivity contribution in [2.45, 2.75) is 62.8 Å². The van der Waals surface area contributed by atoms with Crippen molar-refractivity contribution in [1.82, 2.24) is 24.8 Å². The Morgan fingerprint density at radius 3 is 2.65 bits per heavy atom. The van der Waals surface area contributed by atoms with Gasteiger partial charge >= 0.3 is 12.2 Å². The fourth-order valence-corrected chi connectivity index (χ4v) is 4.52. The highest BCUT2D eigenvalue weighted by molar-refractivity contribution is 5.77. The molecule has 0 unspecified atom stereocenters. The average Bonchev–Trinajstić information content (AvgIpc) is 3.37. The normalized spacial score (nSPS) is 23.3. The van der Waals surface area contributed by atoms with E-state index in [1.54, 1.807) is 19.2 Å². The maximum absolute atomic E-state index is 13.5. The van der Waals surface area contributed by atoms with Crippen molar-refractivity contribution >= 4 is 11.7 Å². The quantitative estimate of drug-likeness (QED) is 0.579. The Kier molecular flexibility index (Phi) is 6.69. The van der Waals surface area contributed by atoms with Crippen LogP contribution in [0.15, 0.2) is 18.5 Å². The molecule has 188 valence electrons. The Morgan fingerprint density at radius 2 is 2.03 bits per heavy atom. The second-order valence-corrected chi connectivity index (χ2v) is 8.85. The summed E-state index contributed by atoms with van der Waals surface area (Å²) in [5.74, 6) is -2.80. The first kappa shape index (κ1) is 24.6. The van der Waals surface area contributed by atoms with E-state index >= 15 is 0 Å². The number of hydrogen-bond acceptors (Lipinski definition) is 5. The predicted molar refractivity (Wildman–Crippen MR) is 111 cm³/mol. The van der Waals surface area contributed by atoms with Gasteiger partial charge < -0.3 is 20.7 Å². The number of halogens is 5. The van der Waals surface area contributed by atoms with Gasteiger partial charge in [-0.3, -0.25) is 0 Å². The van der Waals surface area contributed by atoms with Crippen LogP contribution in [0.25, 0.3) is 5.65 Å². The van der Waals surface area contributed by atoms with Crippen molar-refractivity contribution in [1.29, 1.82) is 0 Å². The van der Waals surface area contributed by atoms with Crippen molar-refractivity contribution in [3.63, 3.8) is 0 Å². The number of carbonyl (C=O) groups excluding carboxylic acids is 1. The number of nitrogens with two attached hydrogens (primary N) is 1. The van der Waals surface area contributed by atoms with Gasteiger partial charge in [0.05, 0.1) is 43.3 Å². The summed E-state index contributed by atoms with van der Waals surface area (Å²) in [7, 11) is 0. The van der Waals surface area contributed by atoms with E-state index in [1.165, 1.54) is 10.7 Å². The molecule has 1 saturated carbocycles. The second-order valence-electron chi connectivity index (χ2n) is 8.85. The number of nitrogens with one attached hydrogen (secondary N) is 1. The van der Waals surface area contributed by atoms with E-state index in [1.807, 2.05) is 5.32 Å². The molecule has 2 aliphatic rings. The summed E-state index contributed by atoms with van der Waals surface area (Å²) < 4.78 is 73.4. The van der Waals surface area contributed by atoms with Gasteiger partial charge in [-0.15, -0.1) is 0 Å². The average molecular weight is 490 g/mol. The molecule has 2 aromatic heterocycles. The van der Waals surface area contributed by atoms with Crippen LogP contribution < -0.4 is 11.1 Å². The fourth-order valence-electron chi connectivity index (χ4n) is 4.52. The number of hydrogen-bond donors (Lipinski definition) is 2. The molecule has 0 spiro atoms. The zero-order chi connectivity index (χ0) is 24.7. The molecule has 34 heavy (non-hydrogen) atoms. The van der Waals surface area contributed by atoms with Crippen LogP contribution in [0.2, 0.25) is 0 Å². The van der Waals surface area contributed by atoms with Crippen molar-refractivity contribution < 1.29 is 31.5 Å². The first-order valence-corrected chi connectivity index (χ1v) is 11.2. The highest BCUT2D eigenvalue weighted by atomic mass is 19.4. The molecule has 2 amide bonds. The van der Waals surface area contributed by atoms with E-state index in [0.29, 0.717) is 36.4 Å². The maximum atomic E-state index is 13.5. The molecule has 0 aromatic carbocycles. The van der Waals surface area contributed by atoms with Crippen molar-refractivity contribution in [2.24, 2.45) is 11.7 Å². The number of urea groups is 1. The fraction of sp³-hybridized carbons (Fsp3) is 0.667. The van der Waals surface area contributed by atoms with Gasteiger partial charge in [-0.25, -0.2) is 23.1 Å². The maximum Gasteiger partial charge on any atom is 0.410 e. The van der Waals surface area contributed by atoms with Gasteiger partial charge in [-0.1, -0.05) is 0 Å². The molecular weight excluding hydrogens is 463 g/mol. The van der Waals surface area contributed by atoms with Crippen LogP contribution in [-0.2, 0) is 4.74 Å². The molecule has 1 saturated heterocycles. The SMILES string of the molecule is CCOC[C@H](c1cnn2cc([C@@H](N)C3CCC(F)(F)CC3)nc2c1)N1C[C@@H](C(F)(F)F)NC1=O. The Balaban J connectivity index is 1.57. The number of amides is 2. The monoisotopic (exact) mass is 490 g/mol. The topological polar surface area (TPSA) is 97.8 Å². The molecule has 0 radical (unpaired) electrons. The Labute approximate surface area is 192 Å². The van der Waals surface area contributed by atoms with Crippen LogP contribution in [0, 0.1) is 5.92 Å². The molecule has 3 atom stereocenters. The predicted octanol–water partition coefficient (Wildman–Crippen LogP) is 3.59. The van der Waals surface area contributed by atoms with Crippen LogP contribution in [0.5, 0.6) is 0 Å². The number of aromatic nitrogens is 3. The molecule has 3 heterocycles. The van der Waals surface area contributed by atoms with E-state index in [0.717, 1.165) is 4.90 Å². The number of fused-ring (bicyclic) bond motifs is 1. The van der Waals surface area contributed by atoms with Crippen LogP contribution in [0.1, 0.15) is 55.9 Å². The lowest BCUT2D eigenvalue weighted by molar-refractivity contribution is -0.150. The summed E-state index contributed by atoms with van der Waals surface area (Å²) in [5, 5.41) is 6.25. The number of rotatable bonds is 7. The van der Waals surface area contributed by atoms with Gasteiger partial charge in [0.25, 0.3) is 0 Å². The summed E-state index contributed by atoms with van der Waals surface area (Å²) in [6, 6.07) is -2.54. The molecular formula is C21H27F5N6O2. The lowest BCUT2D eigenvalue weighted by atomic mass is 9.81. The number of alkyl halides is 5. The van der Waals surface area contributed by atoms with E-state index in [9.17, 15) is 26.7 Å². The highest BCUT2D eigenvalue weighted by Gasteiger charge is 2.48. The summed E-state index contributed by atoms with van der Waals surface area (Å²) in [4.78, 5) is 17.9. The molecule has 13 heteroatoms. The molecule has 1 aliphatic heterocycles. The Morgan fingerprint density at radius 1 is 1.32 bits per heavy atom. The summed E-state index contributed by atoms with van der Waals surface area (Å²) in [6.45, 7) is 1.48. The number of imidazole rings is 1. The first-order chi connectivity index (χ1) is 16.0. The minimum Gasteiger partial charge on any atom is -0.379 e. The van der Waals surface area contributed by atoms with Gasteiger partial charge in [-0.05, 0) is 31.7 Å². The number of carbonyl (C=O) groups is 1. The molecule has 8 nitrogen and oxygen atoms in total. The third-order valence-corrected chi connectivity index (χ3v) is 6.54. The van der Waals surface area contributed by atoms with Gasteiger partial charge in [0.2, 0.25) is 5.92 Å². The lowest BCUT2D eigenvalue weighted by Crippen LogP contribution is -2.40. The number of nitrogens with zero attached hydrogens (tertiary/aromatic N) is 4. The van der Waals surface area contributed by atoms with Gasteiger partial charge in [0, 0.05) is 25.0 Å². The minimum absolute atomic E-state index is 0.0181. The Hall–Kier alpha value is -2.54. The van der Waals surface area contributed by atoms with Crippen LogP contribution in [0.3, 0.4) is 0 Å². The van der Waals surface area contributed by atoms with Gasteiger partial charge in [0.1, 0.15) is 6.04 Å². The van der Waals surface area contributed by atoms with Crippen molar-refractivity contribution in [3.05, 3.63) is 29.7 Å². The zero-order valence-corrected chi connectivity index (χ0v) is 18.6. The summed E-state index contributed by atoms with van der Waals surface area (Å²) >= 11 is 0.